The molecule has 1 aliphatic heterocycles. The normalized spacial score (nSPS) is 17.5. The Bertz CT molecular complexity index is 596. The van der Waals surface area contributed by atoms with Gasteiger partial charge in [-0.25, -0.2) is 4.79 Å². The number of carbonyl (C=O) groups excluding carboxylic acids is 1. The lowest BCUT2D eigenvalue weighted by molar-refractivity contribution is 0.133. The van der Waals surface area contributed by atoms with Crippen LogP contribution in [-0.4, -0.2) is 24.8 Å². The topological polar surface area (TPSA) is 50.9 Å². The van der Waals surface area contributed by atoms with Gasteiger partial charge in [0.15, 0.2) is 0 Å². The monoisotopic (exact) mass is 297 g/mol. The van der Waals surface area contributed by atoms with E-state index < -0.39 is 6.09 Å². The second kappa shape index (κ2) is 7.09. The third kappa shape index (κ3) is 4.33. The zero-order chi connectivity index (χ0) is 15.2. The van der Waals surface area contributed by atoms with Gasteiger partial charge in [-0.1, -0.05) is 60.7 Å². The molecule has 0 aromatic heterocycles. The Morgan fingerprint density at radius 1 is 1.09 bits per heavy atom. The van der Waals surface area contributed by atoms with E-state index >= 15 is 0 Å². The second-order valence-electron chi connectivity index (χ2n) is 5.37. The highest BCUT2D eigenvalue weighted by Crippen LogP contribution is 2.18. The molecule has 3 rings (SSSR count). The average molecular weight is 297 g/mol. The quantitative estimate of drug-likeness (QED) is 0.834. The van der Waals surface area contributed by atoms with E-state index in [2.05, 4.69) is 5.32 Å². The van der Waals surface area contributed by atoms with Gasteiger partial charge in [0, 0.05) is 0 Å². The molecule has 22 heavy (non-hydrogen) atoms. The zero-order valence-corrected chi connectivity index (χ0v) is 12.3. The number of hydrogen-bond donors (Lipinski definition) is 1. The van der Waals surface area contributed by atoms with E-state index in [0.717, 1.165) is 12.0 Å². The van der Waals surface area contributed by atoms with Crippen LogP contribution in [0, 0.1) is 0 Å². The maximum Gasteiger partial charge on any atom is 0.407 e. The Morgan fingerprint density at radius 2 is 1.68 bits per heavy atom. The van der Waals surface area contributed by atoms with Crippen molar-refractivity contribution in [2.75, 3.05) is 6.61 Å². The molecule has 2 aromatic rings. The molecule has 1 fully saturated rings. The molecule has 0 spiro atoms. The lowest BCUT2D eigenvalue weighted by Crippen LogP contribution is -2.40. The summed E-state index contributed by atoms with van der Waals surface area (Å²) in [5, 5.41) is 2.91. The minimum absolute atomic E-state index is 0.0503. The van der Waals surface area contributed by atoms with Gasteiger partial charge < -0.3 is 14.8 Å². The number of rotatable bonds is 6. The van der Waals surface area contributed by atoms with Crippen molar-refractivity contribution in [3.63, 3.8) is 0 Å². The Hall–Kier alpha value is -2.33. The van der Waals surface area contributed by atoms with Crippen LogP contribution in [0.25, 0.3) is 0 Å². The fourth-order valence-corrected chi connectivity index (χ4v) is 2.35. The molecule has 1 saturated heterocycles. The van der Waals surface area contributed by atoms with E-state index in [1.54, 1.807) is 0 Å². The molecule has 1 N–H and O–H groups in total. The Kier molecular flexibility index (Phi) is 4.71. The van der Waals surface area contributed by atoms with Crippen LogP contribution >= 0.6 is 0 Å². The molecular formula is C18H19NO3. The summed E-state index contributed by atoms with van der Waals surface area (Å²) in [4.78, 5) is 12.0. The smallest absolute Gasteiger partial charge is 0.407 e. The lowest BCUT2D eigenvalue weighted by Gasteiger charge is -2.16. The summed E-state index contributed by atoms with van der Waals surface area (Å²) < 4.78 is 10.6. The second-order valence-corrected chi connectivity index (χ2v) is 5.37. The molecular weight excluding hydrogens is 278 g/mol. The Labute approximate surface area is 130 Å². The van der Waals surface area contributed by atoms with Crippen molar-refractivity contribution in [3.05, 3.63) is 71.8 Å². The molecule has 0 unspecified atom stereocenters. The van der Waals surface area contributed by atoms with Crippen LogP contribution in [0.2, 0.25) is 0 Å². The van der Waals surface area contributed by atoms with Crippen LogP contribution in [-0.2, 0) is 22.5 Å². The molecule has 1 heterocycles. The molecule has 2 aromatic carbocycles. The SMILES string of the molecule is O=C(N[C@@H](Cc1ccccc1)[C@@H]1CO1)OCc1ccccc1. The molecule has 0 saturated carbocycles. The molecule has 114 valence electrons. The summed E-state index contributed by atoms with van der Waals surface area (Å²) >= 11 is 0. The van der Waals surface area contributed by atoms with Gasteiger partial charge in [0.1, 0.15) is 12.7 Å². The third-order valence-electron chi connectivity index (χ3n) is 3.62. The summed E-state index contributed by atoms with van der Waals surface area (Å²) in [6.45, 7) is 0.965. The van der Waals surface area contributed by atoms with Crippen molar-refractivity contribution >= 4 is 6.09 Å². The molecule has 1 amide bonds. The first-order valence-electron chi connectivity index (χ1n) is 7.44. The fraction of sp³-hybridized carbons (Fsp3) is 0.278. The molecule has 0 radical (unpaired) electrons. The lowest BCUT2D eigenvalue weighted by atomic mass is 10.0. The standard InChI is InChI=1S/C18H19NO3/c20-18(22-12-15-9-5-2-6-10-15)19-16(17-13-21-17)11-14-7-3-1-4-8-14/h1-10,16-17H,11-13H2,(H,19,20)/t16-,17-/m0/s1. The van der Waals surface area contributed by atoms with Crippen LogP contribution in [0.4, 0.5) is 4.79 Å². The highest BCUT2D eigenvalue weighted by molar-refractivity contribution is 5.67. The maximum atomic E-state index is 12.0. The van der Waals surface area contributed by atoms with Crippen molar-refractivity contribution in [2.24, 2.45) is 0 Å². The molecule has 4 heteroatoms. The van der Waals surface area contributed by atoms with Gasteiger partial charge in [-0.2, -0.15) is 0 Å². The van der Waals surface area contributed by atoms with Gasteiger partial charge in [0.2, 0.25) is 0 Å². The van der Waals surface area contributed by atoms with Crippen LogP contribution in [0.15, 0.2) is 60.7 Å². The van der Waals surface area contributed by atoms with Gasteiger partial charge in [0.25, 0.3) is 0 Å². The number of hydrogen-bond acceptors (Lipinski definition) is 3. The molecule has 1 aliphatic rings. The number of nitrogens with one attached hydrogen (secondary N) is 1. The first-order valence-corrected chi connectivity index (χ1v) is 7.44. The Morgan fingerprint density at radius 3 is 2.27 bits per heavy atom. The Balaban J connectivity index is 1.51. The van der Waals surface area contributed by atoms with Gasteiger partial charge in [-0.15, -0.1) is 0 Å². The largest absolute Gasteiger partial charge is 0.445 e. The minimum atomic E-state index is -0.403. The van der Waals surface area contributed by atoms with E-state index in [1.807, 2.05) is 60.7 Å². The van der Waals surface area contributed by atoms with Crippen molar-refractivity contribution in [3.8, 4) is 0 Å². The molecule has 0 bridgehead atoms. The fourth-order valence-electron chi connectivity index (χ4n) is 2.35. The van der Waals surface area contributed by atoms with Crippen molar-refractivity contribution < 1.29 is 14.3 Å². The number of carbonyl (C=O) groups is 1. The summed E-state index contributed by atoms with van der Waals surface area (Å²) in [7, 11) is 0. The van der Waals surface area contributed by atoms with Crippen molar-refractivity contribution in [1.29, 1.82) is 0 Å². The van der Waals surface area contributed by atoms with E-state index in [-0.39, 0.29) is 18.8 Å². The predicted octanol–water partition coefficient (Wildman–Crippen LogP) is 2.92. The number of amides is 1. The van der Waals surface area contributed by atoms with E-state index in [1.165, 1.54) is 5.56 Å². The zero-order valence-electron chi connectivity index (χ0n) is 12.3. The van der Waals surface area contributed by atoms with Crippen LogP contribution in [0.5, 0.6) is 0 Å². The van der Waals surface area contributed by atoms with E-state index in [0.29, 0.717) is 6.61 Å². The number of benzene rings is 2. The molecule has 2 atom stereocenters. The highest BCUT2D eigenvalue weighted by atomic mass is 16.6. The van der Waals surface area contributed by atoms with Gasteiger partial charge in [-0.05, 0) is 17.5 Å². The van der Waals surface area contributed by atoms with Crippen LogP contribution in [0.3, 0.4) is 0 Å². The van der Waals surface area contributed by atoms with Crippen LogP contribution < -0.4 is 5.32 Å². The van der Waals surface area contributed by atoms with Crippen molar-refractivity contribution in [1.82, 2.24) is 5.32 Å². The summed E-state index contributed by atoms with van der Waals surface area (Å²) in [6.07, 6.45) is 0.427. The third-order valence-corrected chi connectivity index (χ3v) is 3.62. The number of ether oxygens (including phenoxy) is 2. The van der Waals surface area contributed by atoms with Gasteiger partial charge in [-0.3, -0.25) is 0 Å². The summed E-state index contributed by atoms with van der Waals surface area (Å²) in [5.74, 6) is 0. The number of epoxide rings is 1. The van der Waals surface area contributed by atoms with Crippen molar-refractivity contribution in [2.45, 2.75) is 25.2 Å². The first-order chi connectivity index (χ1) is 10.8. The van der Waals surface area contributed by atoms with Crippen LogP contribution in [0.1, 0.15) is 11.1 Å². The number of alkyl carbamates (subject to hydrolysis) is 1. The molecule has 4 nitrogen and oxygen atoms in total. The maximum absolute atomic E-state index is 12.0. The van der Waals surface area contributed by atoms with E-state index in [4.69, 9.17) is 9.47 Å². The highest BCUT2D eigenvalue weighted by Gasteiger charge is 2.34. The first kappa shape index (κ1) is 14.6. The minimum Gasteiger partial charge on any atom is -0.445 e. The summed E-state index contributed by atoms with van der Waals surface area (Å²) in [5.41, 5.74) is 2.14. The average Bonchev–Trinajstić information content (AvgIpc) is 3.39. The molecule has 0 aliphatic carbocycles. The summed E-state index contributed by atoms with van der Waals surface area (Å²) in [6, 6.07) is 19.7. The van der Waals surface area contributed by atoms with E-state index in [9.17, 15) is 4.79 Å². The predicted molar refractivity (Wildman–Crippen MR) is 83.4 cm³/mol. The van der Waals surface area contributed by atoms with Gasteiger partial charge in [0.05, 0.1) is 12.6 Å². The van der Waals surface area contributed by atoms with Gasteiger partial charge >= 0.3 is 6.09 Å².